The molecule has 2 atom stereocenters. The van der Waals surface area contributed by atoms with Gasteiger partial charge in [0, 0.05) is 38.6 Å². The maximum absolute atomic E-state index is 14.2. The van der Waals surface area contributed by atoms with Crippen molar-refractivity contribution in [1.29, 1.82) is 0 Å². The van der Waals surface area contributed by atoms with Crippen molar-refractivity contribution in [2.75, 3.05) is 44.2 Å². The second-order valence-corrected chi connectivity index (χ2v) is 9.97. The summed E-state index contributed by atoms with van der Waals surface area (Å²) in [6.07, 6.45) is 1.83. The molecule has 1 aliphatic heterocycles. The van der Waals surface area contributed by atoms with Crippen molar-refractivity contribution in [3.63, 3.8) is 0 Å². The lowest BCUT2D eigenvalue weighted by atomic mass is 10.0. The largest absolute Gasteiger partial charge is 0.497 e. The van der Waals surface area contributed by atoms with Crippen LogP contribution in [0.25, 0.3) is 11.0 Å². The van der Waals surface area contributed by atoms with Crippen molar-refractivity contribution in [2.45, 2.75) is 31.5 Å². The van der Waals surface area contributed by atoms with E-state index in [-0.39, 0.29) is 24.5 Å². The van der Waals surface area contributed by atoms with Crippen molar-refractivity contribution in [2.24, 2.45) is 0 Å². The third-order valence-electron chi connectivity index (χ3n) is 7.08. The number of aromatic nitrogens is 3. The van der Waals surface area contributed by atoms with Gasteiger partial charge in [0.1, 0.15) is 23.9 Å². The second kappa shape index (κ2) is 12.2. The number of fused-ring (bicyclic) bond motifs is 1. The first kappa shape index (κ1) is 27.1. The monoisotopic (exact) mass is 542 g/mol. The lowest BCUT2D eigenvalue weighted by Crippen LogP contribution is -2.46. The van der Waals surface area contributed by atoms with Gasteiger partial charge in [0.25, 0.3) is 0 Å². The van der Waals surface area contributed by atoms with E-state index in [1.807, 2.05) is 67.5 Å². The quantitative estimate of drug-likeness (QED) is 0.327. The molecule has 2 heterocycles. The van der Waals surface area contributed by atoms with E-state index in [1.54, 1.807) is 36.1 Å². The van der Waals surface area contributed by atoms with Gasteiger partial charge < -0.3 is 19.7 Å². The third-order valence-corrected chi connectivity index (χ3v) is 7.08. The number of hydrogen-bond acceptors (Lipinski definition) is 7. The average Bonchev–Trinajstić information content (AvgIpc) is 3.65. The highest BCUT2D eigenvalue weighted by Crippen LogP contribution is 2.31. The van der Waals surface area contributed by atoms with Crippen LogP contribution >= 0.6 is 0 Å². The van der Waals surface area contributed by atoms with Crippen LogP contribution in [0.3, 0.4) is 0 Å². The van der Waals surface area contributed by atoms with Gasteiger partial charge in [-0.25, -0.2) is 4.68 Å². The van der Waals surface area contributed by atoms with Crippen LogP contribution in [-0.4, -0.2) is 67.3 Å². The van der Waals surface area contributed by atoms with Gasteiger partial charge in [-0.3, -0.25) is 14.5 Å². The van der Waals surface area contributed by atoms with Crippen LogP contribution in [0.15, 0.2) is 72.8 Å². The first-order valence-electron chi connectivity index (χ1n) is 13.4. The number of carbonyl (C=O) groups is 2. The number of nitrogens with one attached hydrogen (secondary N) is 1. The fourth-order valence-electron chi connectivity index (χ4n) is 4.91. The standard InChI is InChI=1S/C30H34N6O4/c1-34(2)22-12-10-21(11-13-22)29(30(38)31-19-25-7-6-18-40-25)36(23-14-16-24(39-3)17-15-23)28(37)20-35-27-9-5-4-8-26(27)32-33-35/h4-5,8-17,25,29H,6-7,18-20H2,1-3H3,(H,31,38). The summed E-state index contributed by atoms with van der Waals surface area (Å²) in [7, 11) is 5.49. The molecule has 208 valence electrons. The van der Waals surface area contributed by atoms with Gasteiger partial charge in [-0.2, -0.15) is 0 Å². The highest BCUT2D eigenvalue weighted by Gasteiger charge is 2.34. The normalized spacial score (nSPS) is 15.5. The van der Waals surface area contributed by atoms with Gasteiger partial charge in [0.05, 0.1) is 18.7 Å². The molecule has 1 aromatic heterocycles. The minimum atomic E-state index is -0.937. The molecule has 5 rings (SSSR count). The zero-order chi connectivity index (χ0) is 28.1. The summed E-state index contributed by atoms with van der Waals surface area (Å²) < 4.78 is 12.6. The van der Waals surface area contributed by atoms with Crippen molar-refractivity contribution in [3.05, 3.63) is 78.4 Å². The SMILES string of the molecule is COc1ccc(N(C(=O)Cn2nnc3ccccc32)C(C(=O)NCC2CCCO2)c2ccc(N(C)C)cc2)cc1. The maximum Gasteiger partial charge on any atom is 0.249 e. The Kier molecular flexibility index (Phi) is 8.26. The molecule has 4 aromatic rings. The first-order chi connectivity index (χ1) is 19.4. The number of nitrogens with zero attached hydrogens (tertiary/aromatic N) is 5. The van der Waals surface area contributed by atoms with Crippen molar-refractivity contribution in [3.8, 4) is 5.75 Å². The van der Waals surface area contributed by atoms with Crippen LogP contribution in [0.5, 0.6) is 5.75 Å². The molecule has 10 heteroatoms. The van der Waals surface area contributed by atoms with Crippen molar-refractivity contribution < 1.29 is 19.1 Å². The minimum Gasteiger partial charge on any atom is -0.497 e. The molecular formula is C30H34N6O4. The van der Waals surface area contributed by atoms with Crippen molar-refractivity contribution >= 4 is 34.2 Å². The molecule has 1 aliphatic rings. The molecule has 40 heavy (non-hydrogen) atoms. The van der Waals surface area contributed by atoms with E-state index in [2.05, 4.69) is 15.6 Å². The molecule has 0 spiro atoms. The molecule has 1 saturated heterocycles. The maximum atomic E-state index is 14.2. The number of methoxy groups -OCH3 is 1. The number of ether oxygens (including phenoxy) is 2. The molecule has 2 amide bonds. The van der Waals surface area contributed by atoms with E-state index >= 15 is 0 Å². The number of carbonyl (C=O) groups excluding carboxylic acids is 2. The molecule has 10 nitrogen and oxygen atoms in total. The van der Waals surface area contributed by atoms with E-state index in [9.17, 15) is 9.59 Å². The van der Waals surface area contributed by atoms with Gasteiger partial charge >= 0.3 is 0 Å². The number of amides is 2. The van der Waals surface area contributed by atoms with Crippen LogP contribution in [-0.2, 0) is 20.9 Å². The number of benzene rings is 3. The Morgan fingerprint density at radius 1 is 1.05 bits per heavy atom. The number of anilines is 2. The van der Waals surface area contributed by atoms with Gasteiger partial charge in [-0.15, -0.1) is 5.10 Å². The summed E-state index contributed by atoms with van der Waals surface area (Å²) in [5.74, 6) is 0.0450. The highest BCUT2D eigenvalue weighted by atomic mass is 16.5. The lowest BCUT2D eigenvalue weighted by molar-refractivity contribution is -0.127. The Hall–Kier alpha value is -4.44. The Bertz CT molecular complexity index is 1450. The number of rotatable bonds is 10. The summed E-state index contributed by atoms with van der Waals surface area (Å²) in [6.45, 7) is 0.972. The predicted octanol–water partition coefficient (Wildman–Crippen LogP) is 3.58. The van der Waals surface area contributed by atoms with E-state index in [4.69, 9.17) is 9.47 Å². The van der Waals surface area contributed by atoms with Crippen LogP contribution in [0, 0.1) is 0 Å². The molecular weight excluding hydrogens is 508 g/mol. The Balaban J connectivity index is 1.54. The zero-order valence-corrected chi connectivity index (χ0v) is 23.0. The van der Waals surface area contributed by atoms with Gasteiger partial charge in [-0.1, -0.05) is 29.5 Å². The molecule has 0 aliphatic carbocycles. The van der Waals surface area contributed by atoms with Crippen LogP contribution in [0.2, 0.25) is 0 Å². The summed E-state index contributed by atoms with van der Waals surface area (Å²) in [5.41, 5.74) is 3.66. The summed E-state index contributed by atoms with van der Waals surface area (Å²) in [4.78, 5) is 31.6. The second-order valence-electron chi connectivity index (χ2n) is 9.97. The fourth-order valence-corrected chi connectivity index (χ4v) is 4.91. The Labute approximate surface area is 233 Å². The zero-order valence-electron chi connectivity index (χ0n) is 23.0. The van der Waals surface area contributed by atoms with E-state index in [1.165, 1.54) is 4.90 Å². The molecule has 1 fully saturated rings. The molecule has 0 radical (unpaired) electrons. The summed E-state index contributed by atoms with van der Waals surface area (Å²) in [5, 5.41) is 11.5. The van der Waals surface area contributed by atoms with Gasteiger partial charge in [0.15, 0.2) is 0 Å². The molecule has 0 bridgehead atoms. The summed E-state index contributed by atoms with van der Waals surface area (Å²) >= 11 is 0. The Morgan fingerprint density at radius 3 is 2.45 bits per heavy atom. The molecule has 3 aromatic carbocycles. The minimum absolute atomic E-state index is 0.0348. The van der Waals surface area contributed by atoms with E-state index in [0.717, 1.165) is 24.0 Å². The van der Waals surface area contributed by atoms with E-state index < -0.39 is 6.04 Å². The molecule has 2 unspecified atom stereocenters. The van der Waals surface area contributed by atoms with Crippen LogP contribution in [0.4, 0.5) is 11.4 Å². The number of hydrogen-bond donors (Lipinski definition) is 1. The predicted molar refractivity (Wildman–Crippen MR) is 154 cm³/mol. The smallest absolute Gasteiger partial charge is 0.249 e. The lowest BCUT2D eigenvalue weighted by Gasteiger charge is -2.32. The van der Waals surface area contributed by atoms with Gasteiger partial charge in [0.2, 0.25) is 11.8 Å². The van der Waals surface area contributed by atoms with E-state index in [0.29, 0.717) is 35.7 Å². The average molecular weight is 543 g/mol. The van der Waals surface area contributed by atoms with Crippen molar-refractivity contribution in [1.82, 2.24) is 20.3 Å². The molecule has 0 saturated carbocycles. The topological polar surface area (TPSA) is 102 Å². The first-order valence-corrected chi connectivity index (χ1v) is 13.4. The van der Waals surface area contributed by atoms with Crippen LogP contribution < -0.4 is 19.9 Å². The summed E-state index contributed by atoms with van der Waals surface area (Å²) in [6, 6.07) is 21.3. The third kappa shape index (κ3) is 5.91. The fraction of sp³-hybridized carbons (Fsp3) is 0.333. The van der Waals surface area contributed by atoms with Crippen LogP contribution in [0.1, 0.15) is 24.4 Å². The highest BCUT2D eigenvalue weighted by molar-refractivity contribution is 6.01. The van der Waals surface area contributed by atoms with Gasteiger partial charge in [-0.05, 0) is 66.9 Å². The molecule has 1 N–H and O–H groups in total. The Morgan fingerprint density at radius 2 is 1.77 bits per heavy atom. The number of para-hydroxylation sites is 1.